The minimum atomic E-state index is 0.508. The molecule has 2 rings (SSSR count). The molecule has 0 amide bonds. The lowest BCUT2D eigenvalue weighted by Crippen LogP contribution is -1.99. The van der Waals surface area contributed by atoms with Crippen LogP contribution < -0.4 is 4.74 Å². The van der Waals surface area contributed by atoms with Crippen molar-refractivity contribution in [1.82, 2.24) is 0 Å². The Kier molecular flexibility index (Phi) is 5.08. The van der Waals surface area contributed by atoms with Gasteiger partial charge in [0.1, 0.15) is 12.4 Å². The maximum atomic E-state index is 6.20. The normalized spacial score (nSPS) is 12.2. The summed E-state index contributed by atoms with van der Waals surface area (Å²) in [6.45, 7) is 7.00. The molecular weight excluding hydrogens is 268 g/mol. The molecule has 106 valence electrons. The average Bonchev–Trinajstić information content (AvgIpc) is 2.46. The Hall–Kier alpha value is -1.47. The highest BCUT2D eigenvalue weighted by atomic mass is 35.5. The molecular formula is C18H21ClO. The van der Waals surface area contributed by atoms with Gasteiger partial charge >= 0.3 is 0 Å². The van der Waals surface area contributed by atoms with E-state index in [-0.39, 0.29) is 0 Å². The van der Waals surface area contributed by atoms with Gasteiger partial charge in [-0.05, 0) is 48.6 Å². The van der Waals surface area contributed by atoms with Crippen LogP contribution in [0, 0.1) is 6.92 Å². The van der Waals surface area contributed by atoms with Crippen LogP contribution in [0.2, 0.25) is 5.02 Å². The second-order valence-corrected chi connectivity index (χ2v) is 5.61. The molecule has 2 aromatic rings. The number of rotatable bonds is 5. The lowest BCUT2D eigenvalue weighted by molar-refractivity contribution is 0.305. The van der Waals surface area contributed by atoms with Gasteiger partial charge in [0.15, 0.2) is 0 Å². The highest BCUT2D eigenvalue weighted by Gasteiger charge is 2.06. The van der Waals surface area contributed by atoms with Crippen molar-refractivity contribution in [1.29, 1.82) is 0 Å². The Balaban J connectivity index is 2.04. The fourth-order valence-electron chi connectivity index (χ4n) is 2.13. The van der Waals surface area contributed by atoms with Gasteiger partial charge < -0.3 is 4.74 Å². The lowest BCUT2D eigenvalue weighted by Gasteiger charge is -2.12. The first-order chi connectivity index (χ1) is 9.61. The summed E-state index contributed by atoms with van der Waals surface area (Å²) in [5, 5.41) is 0.765. The van der Waals surface area contributed by atoms with Crippen LogP contribution in [-0.4, -0.2) is 0 Å². The van der Waals surface area contributed by atoms with E-state index in [9.17, 15) is 0 Å². The first-order valence-corrected chi connectivity index (χ1v) is 7.46. The number of ether oxygens (including phenoxy) is 1. The molecule has 0 aliphatic carbocycles. The van der Waals surface area contributed by atoms with Gasteiger partial charge in [0, 0.05) is 10.6 Å². The molecule has 1 nitrogen and oxygen atoms in total. The molecule has 0 saturated carbocycles. The molecule has 0 fully saturated rings. The van der Waals surface area contributed by atoms with Crippen LogP contribution in [0.25, 0.3) is 0 Å². The van der Waals surface area contributed by atoms with Crippen LogP contribution in [0.4, 0.5) is 0 Å². The third-order valence-electron chi connectivity index (χ3n) is 3.80. The maximum Gasteiger partial charge on any atom is 0.119 e. The summed E-state index contributed by atoms with van der Waals surface area (Å²) in [6.07, 6.45) is 1.15. The molecule has 0 aliphatic rings. The molecule has 2 aromatic carbocycles. The van der Waals surface area contributed by atoms with E-state index in [2.05, 4.69) is 39.0 Å². The monoisotopic (exact) mass is 288 g/mol. The number of halogens is 1. The molecule has 1 unspecified atom stereocenters. The number of benzene rings is 2. The number of hydrogen-bond acceptors (Lipinski definition) is 1. The van der Waals surface area contributed by atoms with E-state index in [4.69, 9.17) is 16.3 Å². The molecule has 0 aromatic heterocycles. The Labute approximate surface area is 126 Å². The number of aryl methyl sites for hydroxylation is 1. The van der Waals surface area contributed by atoms with Gasteiger partial charge in [-0.15, -0.1) is 0 Å². The molecule has 0 aliphatic heterocycles. The van der Waals surface area contributed by atoms with Crippen molar-refractivity contribution in [3.63, 3.8) is 0 Å². The van der Waals surface area contributed by atoms with E-state index in [0.29, 0.717) is 12.5 Å². The minimum Gasteiger partial charge on any atom is -0.489 e. The molecule has 0 N–H and O–H groups in total. The highest BCUT2D eigenvalue weighted by Crippen LogP contribution is 2.24. The third kappa shape index (κ3) is 3.55. The van der Waals surface area contributed by atoms with Gasteiger partial charge in [-0.3, -0.25) is 0 Å². The van der Waals surface area contributed by atoms with Crippen molar-refractivity contribution in [2.45, 2.75) is 39.7 Å². The van der Waals surface area contributed by atoms with E-state index >= 15 is 0 Å². The fourth-order valence-corrected chi connectivity index (χ4v) is 2.41. The molecule has 0 spiro atoms. The second kappa shape index (κ2) is 6.81. The molecule has 1 atom stereocenters. The van der Waals surface area contributed by atoms with E-state index in [0.717, 1.165) is 28.3 Å². The van der Waals surface area contributed by atoms with Crippen LogP contribution in [0.3, 0.4) is 0 Å². The number of hydrogen-bond donors (Lipinski definition) is 0. The summed E-state index contributed by atoms with van der Waals surface area (Å²) in [7, 11) is 0. The largest absolute Gasteiger partial charge is 0.489 e. The standard InChI is InChI=1S/C18H21ClO/c1-4-13(2)15-8-10-16(11-9-15)20-12-17-14(3)6-5-7-18(17)19/h5-11,13H,4,12H2,1-3H3. The van der Waals surface area contributed by atoms with Gasteiger partial charge in [0.2, 0.25) is 0 Å². The SMILES string of the molecule is CCC(C)c1ccc(OCc2c(C)cccc2Cl)cc1. The topological polar surface area (TPSA) is 9.23 Å². The second-order valence-electron chi connectivity index (χ2n) is 5.20. The van der Waals surface area contributed by atoms with Crippen molar-refractivity contribution < 1.29 is 4.74 Å². The fraction of sp³-hybridized carbons (Fsp3) is 0.333. The average molecular weight is 289 g/mol. The molecule has 0 saturated heterocycles. The summed E-state index contributed by atoms with van der Waals surface area (Å²) >= 11 is 6.20. The Morgan fingerprint density at radius 1 is 1.10 bits per heavy atom. The summed E-state index contributed by atoms with van der Waals surface area (Å²) in [5.74, 6) is 1.48. The third-order valence-corrected chi connectivity index (χ3v) is 4.15. The summed E-state index contributed by atoms with van der Waals surface area (Å²) in [5.41, 5.74) is 3.57. The lowest BCUT2D eigenvalue weighted by atomic mass is 9.99. The predicted molar refractivity (Wildman–Crippen MR) is 85.7 cm³/mol. The minimum absolute atomic E-state index is 0.508. The molecule has 0 bridgehead atoms. The summed E-state index contributed by atoms with van der Waals surface area (Å²) in [4.78, 5) is 0. The quantitative estimate of drug-likeness (QED) is 0.681. The Morgan fingerprint density at radius 3 is 2.40 bits per heavy atom. The van der Waals surface area contributed by atoms with Crippen molar-refractivity contribution >= 4 is 11.6 Å². The highest BCUT2D eigenvalue weighted by molar-refractivity contribution is 6.31. The van der Waals surface area contributed by atoms with Crippen molar-refractivity contribution in [2.24, 2.45) is 0 Å². The first-order valence-electron chi connectivity index (χ1n) is 7.08. The first kappa shape index (κ1) is 14.9. The van der Waals surface area contributed by atoms with Gasteiger partial charge in [-0.1, -0.05) is 49.7 Å². The Bertz CT molecular complexity index is 540. The van der Waals surface area contributed by atoms with Crippen molar-refractivity contribution in [3.05, 3.63) is 64.2 Å². The smallest absolute Gasteiger partial charge is 0.119 e. The van der Waals surface area contributed by atoms with Crippen LogP contribution >= 0.6 is 11.6 Å². The van der Waals surface area contributed by atoms with Crippen LogP contribution in [-0.2, 0) is 6.61 Å². The predicted octanol–water partition coefficient (Wildman–Crippen LogP) is 5.74. The van der Waals surface area contributed by atoms with E-state index in [1.807, 2.05) is 24.3 Å². The van der Waals surface area contributed by atoms with Gasteiger partial charge in [-0.2, -0.15) is 0 Å². The van der Waals surface area contributed by atoms with E-state index < -0.39 is 0 Å². The Morgan fingerprint density at radius 2 is 1.80 bits per heavy atom. The van der Waals surface area contributed by atoms with Gasteiger partial charge in [0.25, 0.3) is 0 Å². The summed E-state index contributed by atoms with van der Waals surface area (Å²) < 4.78 is 5.84. The zero-order chi connectivity index (χ0) is 14.5. The van der Waals surface area contributed by atoms with E-state index in [1.54, 1.807) is 0 Å². The van der Waals surface area contributed by atoms with Crippen LogP contribution in [0.15, 0.2) is 42.5 Å². The van der Waals surface area contributed by atoms with Crippen LogP contribution in [0.1, 0.15) is 42.9 Å². The summed E-state index contributed by atoms with van der Waals surface area (Å²) in [6, 6.07) is 14.3. The molecule has 20 heavy (non-hydrogen) atoms. The van der Waals surface area contributed by atoms with E-state index in [1.165, 1.54) is 5.56 Å². The van der Waals surface area contributed by atoms with Crippen molar-refractivity contribution in [2.75, 3.05) is 0 Å². The van der Waals surface area contributed by atoms with Crippen LogP contribution in [0.5, 0.6) is 5.75 Å². The molecule has 0 radical (unpaired) electrons. The maximum absolute atomic E-state index is 6.20. The van der Waals surface area contributed by atoms with Gasteiger partial charge in [0.05, 0.1) is 0 Å². The van der Waals surface area contributed by atoms with Gasteiger partial charge in [-0.25, -0.2) is 0 Å². The molecule has 2 heteroatoms. The zero-order valence-electron chi connectivity index (χ0n) is 12.3. The molecule has 0 heterocycles. The zero-order valence-corrected chi connectivity index (χ0v) is 13.1. The van der Waals surface area contributed by atoms with Crippen molar-refractivity contribution in [3.8, 4) is 5.75 Å².